The van der Waals surface area contributed by atoms with Gasteiger partial charge in [-0.2, -0.15) is 0 Å². The Balaban J connectivity index is 1.76. The summed E-state index contributed by atoms with van der Waals surface area (Å²) >= 11 is 0. The maximum Gasteiger partial charge on any atom is 0.256 e. The minimum Gasteiger partial charge on any atom is -0.490 e. The molecule has 0 spiro atoms. The first-order valence-electron chi connectivity index (χ1n) is 8.69. The largest absolute Gasteiger partial charge is 0.490 e. The molecule has 3 aromatic rings. The minimum absolute atomic E-state index is 0.253. The molecule has 27 heavy (non-hydrogen) atoms. The fourth-order valence-corrected chi connectivity index (χ4v) is 2.48. The van der Waals surface area contributed by atoms with Crippen LogP contribution >= 0.6 is 0 Å². The number of anilines is 1. The van der Waals surface area contributed by atoms with Gasteiger partial charge in [0.1, 0.15) is 12.4 Å². The predicted molar refractivity (Wildman–Crippen MR) is 103 cm³/mol. The molecular weight excluding hydrogens is 342 g/mol. The van der Waals surface area contributed by atoms with Crippen molar-refractivity contribution in [3.8, 4) is 11.5 Å². The van der Waals surface area contributed by atoms with Gasteiger partial charge in [0, 0.05) is 29.7 Å². The molecule has 3 rings (SSSR count). The van der Waals surface area contributed by atoms with Gasteiger partial charge in [-0.15, -0.1) is 0 Å². The second-order valence-electron chi connectivity index (χ2n) is 5.87. The Bertz CT molecular complexity index is 914. The summed E-state index contributed by atoms with van der Waals surface area (Å²) in [6.07, 6.45) is 5.10. The molecule has 0 fully saturated rings. The molecule has 0 aliphatic heterocycles. The number of carbonyl (C=O) groups excluding carboxylic acids is 1. The maximum atomic E-state index is 12.6. The lowest BCUT2D eigenvalue weighted by molar-refractivity contribution is 0.102. The van der Waals surface area contributed by atoms with Crippen molar-refractivity contribution in [1.29, 1.82) is 0 Å². The number of rotatable bonds is 7. The number of amides is 1. The molecule has 1 amide bonds. The molecule has 1 N–H and O–H groups in total. The fraction of sp³-hybridized carbons (Fsp3) is 0.190. The summed E-state index contributed by atoms with van der Waals surface area (Å²) in [5, 5.41) is 2.82. The van der Waals surface area contributed by atoms with Crippen molar-refractivity contribution in [2.24, 2.45) is 0 Å². The highest BCUT2D eigenvalue weighted by Gasteiger charge is 2.13. The van der Waals surface area contributed by atoms with E-state index in [1.807, 2.05) is 38.1 Å². The van der Waals surface area contributed by atoms with Gasteiger partial charge in [-0.05, 0) is 49.7 Å². The van der Waals surface area contributed by atoms with Crippen molar-refractivity contribution in [1.82, 2.24) is 9.97 Å². The molecule has 0 aliphatic rings. The second kappa shape index (κ2) is 8.80. The monoisotopic (exact) mass is 363 g/mol. The molecule has 0 saturated carbocycles. The molecule has 0 radical (unpaired) electrons. The van der Waals surface area contributed by atoms with E-state index in [0.29, 0.717) is 36.1 Å². The lowest BCUT2D eigenvalue weighted by Crippen LogP contribution is -2.14. The summed E-state index contributed by atoms with van der Waals surface area (Å²) in [6.45, 7) is 4.61. The highest BCUT2D eigenvalue weighted by molar-refractivity contribution is 6.04. The van der Waals surface area contributed by atoms with E-state index in [1.54, 1.807) is 36.8 Å². The van der Waals surface area contributed by atoms with Gasteiger partial charge in [-0.1, -0.05) is 12.1 Å². The van der Waals surface area contributed by atoms with Gasteiger partial charge >= 0.3 is 0 Å². The fourth-order valence-electron chi connectivity index (χ4n) is 2.48. The summed E-state index contributed by atoms with van der Waals surface area (Å²) in [5.74, 6) is 1.38. The van der Waals surface area contributed by atoms with Crippen LogP contribution < -0.4 is 14.8 Å². The van der Waals surface area contributed by atoms with Crippen LogP contribution in [0.15, 0.2) is 61.1 Å². The summed E-state index contributed by atoms with van der Waals surface area (Å²) in [6, 6.07) is 12.6. The van der Waals surface area contributed by atoms with E-state index in [4.69, 9.17) is 9.47 Å². The van der Waals surface area contributed by atoms with Crippen LogP contribution in [0.3, 0.4) is 0 Å². The standard InChI is InChI=1S/C21H21N3O3/c1-3-26-19-12-17(21(25)24-20-15(2)6-4-11-23-20)8-9-18(19)27-14-16-7-5-10-22-13-16/h4-13H,3,14H2,1-2H3,(H,23,24,25). The second-order valence-corrected chi connectivity index (χ2v) is 5.87. The third kappa shape index (κ3) is 4.82. The van der Waals surface area contributed by atoms with Crippen LogP contribution in [0.25, 0.3) is 0 Å². The van der Waals surface area contributed by atoms with Crippen LogP contribution in [-0.2, 0) is 6.61 Å². The topological polar surface area (TPSA) is 73.3 Å². The van der Waals surface area contributed by atoms with E-state index < -0.39 is 0 Å². The molecule has 6 nitrogen and oxygen atoms in total. The van der Waals surface area contributed by atoms with Crippen LogP contribution in [-0.4, -0.2) is 22.5 Å². The zero-order valence-electron chi connectivity index (χ0n) is 15.3. The van der Waals surface area contributed by atoms with E-state index in [0.717, 1.165) is 11.1 Å². The first kappa shape index (κ1) is 18.4. The molecular formula is C21H21N3O3. The average Bonchev–Trinajstić information content (AvgIpc) is 2.69. The zero-order chi connectivity index (χ0) is 19.1. The van der Waals surface area contributed by atoms with Crippen molar-refractivity contribution in [3.05, 3.63) is 77.7 Å². The number of aryl methyl sites for hydroxylation is 1. The molecule has 0 bridgehead atoms. The average molecular weight is 363 g/mol. The molecule has 0 atom stereocenters. The lowest BCUT2D eigenvalue weighted by Gasteiger charge is -2.13. The molecule has 138 valence electrons. The number of aromatic nitrogens is 2. The normalized spacial score (nSPS) is 10.3. The Morgan fingerprint density at radius 1 is 1.07 bits per heavy atom. The van der Waals surface area contributed by atoms with E-state index in [9.17, 15) is 4.79 Å². The Kier molecular flexibility index (Phi) is 5.99. The number of hydrogen-bond donors (Lipinski definition) is 1. The number of benzene rings is 1. The third-order valence-electron chi connectivity index (χ3n) is 3.86. The van der Waals surface area contributed by atoms with Gasteiger partial charge in [0.05, 0.1) is 6.61 Å². The third-order valence-corrected chi connectivity index (χ3v) is 3.86. The van der Waals surface area contributed by atoms with E-state index in [1.165, 1.54) is 0 Å². The highest BCUT2D eigenvalue weighted by atomic mass is 16.5. The molecule has 2 heterocycles. The summed E-state index contributed by atoms with van der Waals surface area (Å²) in [4.78, 5) is 20.8. The van der Waals surface area contributed by atoms with Crippen molar-refractivity contribution in [3.63, 3.8) is 0 Å². The molecule has 2 aromatic heterocycles. The van der Waals surface area contributed by atoms with Crippen LogP contribution in [0.1, 0.15) is 28.4 Å². The first-order chi connectivity index (χ1) is 13.2. The summed E-state index contributed by atoms with van der Waals surface area (Å²) in [5.41, 5.74) is 2.32. The van der Waals surface area contributed by atoms with Gasteiger partial charge in [0.2, 0.25) is 0 Å². The highest BCUT2D eigenvalue weighted by Crippen LogP contribution is 2.29. The van der Waals surface area contributed by atoms with E-state index in [-0.39, 0.29) is 5.91 Å². The Morgan fingerprint density at radius 2 is 1.93 bits per heavy atom. The molecule has 6 heteroatoms. The number of hydrogen-bond acceptors (Lipinski definition) is 5. The zero-order valence-corrected chi connectivity index (χ0v) is 15.3. The molecule has 0 aliphatic carbocycles. The molecule has 0 unspecified atom stereocenters. The Morgan fingerprint density at radius 3 is 2.67 bits per heavy atom. The lowest BCUT2D eigenvalue weighted by atomic mass is 10.1. The number of ether oxygens (including phenoxy) is 2. The van der Waals surface area contributed by atoms with E-state index >= 15 is 0 Å². The SMILES string of the molecule is CCOc1cc(C(=O)Nc2ncccc2C)ccc1OCc1cccnc1. The van der Waals surface area contributed by atoms with Crippen molar-refractivity contribution >= 4 is 11.7 Å². The smallest absolute Gasteiger partial charge is 0.256 e. The maximum absolute atomic E-state index is 12.6. The van der Waals surface area contributed by atoms with Gasteiger partial charge < -0.3 is 14.8 Å². The number of nitrogens with one attached hydrogen (secondary N) is 1. The number of carbonyl (C=O) groups is 1. The number of nitrogens with zero attached hydrogens (tertiary/aromatic N) is 2. The quantitative estimate of drug-likeness (QED) is 0.686. The minimum atomic E-state index is -0.253. The van der Waals surface area contributed by atoms with Crippen LogP contribution in [0, 0.1) is 6.92 Å². The summed E-state index contributed by atoms with van der Waals surface area (Å²) < 4.78 is 11.5. The molecule has 1 aromatic carbocycles. The van der Waals surface area contributed by atoms with Crippen molar-refractivity contribution < 1.29 is 14.3 Å². The van der Waals surface area contributed by atoms with Crippen LogP contribution in [0.2, 0.25) is 0 Å². The molecule has 0 saturated heterocycles. The summed E-state index contributed by atoms with van der Waals surface area (Å²) in [7, 11) is 0. The van der Waals surface area contributed by atoms with Gasteiger partial charge in [-0.3, -0.25) is 9.78 Å². The predicted octanol–water partition coefficient (Wildman–Crippen LogP) is 4.02. The number of pyridine rings is 2. The van der Waals surface area contributed by atoms with Crippen LogP contribution in [0.4, 0.5) is 5.82 Å². The Hall–Kier alpha value is -3.41. The first-order valence-corrected chi connectivity index (χ1v) is 8.69. The van der Waals surface area contributed by atoms with Crippen LogP contribution in [0.5, 0.6) is 11.5 Å². The van der Waals surface area contributed by atoms with Crippen molar-refractivity contribution in [2.45, 2.75) is 20.5 Å². The van der Waals surface area contributed by atoms with Gasteiger partial charge in [-0.25, -0.2) is 4.98 Å². The van der Waals surface area contributed by atoms with E-state index in [2.05, 4.69) is 15.3 Å². The van der Waals surface area contributed by atoms with Crippen molar-refractivity contribution in [2.75, 3.05) is 11.9 Å². The van der Waals surface area contributed by atoms with Gasteiger partial charge in [0.15, 0.2) is 11.5 Å². The van der Waals surface area contributed by atoms with Gasteiger partial charge in [0.25, 0.3) is 5.91 Å². The Labute approximate surface area is 158 Å².